The van der Waals surface area contributed by atoms with Gasteiger partial charge in [-0.25, -0.2) is 13.2 Å². The van der Waals surface area contributed by atoms with E-state index in [4.69, 9.17) is 0 Å². The summed E-state index contributed by atoms with van der Waals surface area (Å²) in [6.07, 6.45) is 11.2. The fourth-order valence-corrected chi connectivity index (χ4v) is 4.46. The van der Waals surface area contributed by atoms with Crippen LogP contribution in [0.2, 0.25) is 0 Å². The highest BCUT2D eigenvalue weighted by Gasteiger charge is 2.26. The lowest BCUT2D eigenvalue weighted by Crippen LogP contribution is -2.15. The lowest BCUT2D eigenvalue weighted by Gasteiger charge is -2.27. The van der Waals surface area contributed by atoms with Crippen molar-refractivity contribution in [1.82, 2.24) is 0 Å². The summed E-state index contributed by atoms with van der Waals surface area (Å²) in [6, 6.07) is 8.18. The Bertz CT molecular complexity index is 886. The second-order valence-electron chi connectivity index (χ2n) is 8.25. The van der Waals surface area contributed by atoms with Crippen LogP contribution in [0.5, 0.6) is 0 Å². The van der Waals surface area contributed by atoms with Crippen molar-refractivity contribution in [2.45, 2.75) is 65.2 Å². The molecule has 1 aliphatic rings. The Kier molecular flexibility index (Phi) is 7.57. The number of rotatable bonds is 7. The van der Waals surface area contributed by atoms with Crippen molar-refractivity contribution in [1.29, 1.82) is 0 Å². The number of benzene rings is 2. The molecule has 1 aliphatic carbocycles. The lowest BCUT2D eigenvalue weighted by atomic mass is 9.79. The molecule has 1 fully saturated rings. The molecule has 1 saturated carbocycles. The van der Waals surface area contributed by atoms with Crippen LogP contribution in [-0.2, 0) is 6.42 Å². The third kappa shape index (κ3) is 5.12. The Balaban J connectivity index is 1.74. The van der Waals surface area contributed by atoms with Gasteiger partial charge in [0.1, 0.15) is 11.6 Å². The highest BCUT2D eigenvalue weighted by atomic mass is 19.2. The van der Waals surface area contributed by atoms with Gasteiger partial charge in [-0.1, -0.05) is 49.8 Å². The first-order valence-electron chi connectivity index (χ1n) is 10.9. The van der Waals surface area contributed by atoms with E-state index in [0.29, 0.717) is 41.5 Å². The highest BCUT2D eigenvalue weighted by molar-refractivity contribution is 5.87. The summed E-state index contributed by atoms with van der Waals surface area (Å²) in [5.41, 5.74) is 0.869. The molecule has 0 N–H and O–H groups in total. The highest BCUT2D eigenvalue weighted by Crippen LogP contribution is 2.39. The van der Waals surface area contributed by atoms with Crippen LogP contribution >= 0.6 is 0 Å². The maximum atomic E-state index is 14.9. The lowest BCUT2D eigenvalue weighted by molar-refractivity contribution is 0.263. The number of aryl methyl sites for hydroxylation is 1. The zero-order valence-electron chi connectivity index (χ0n) is 17.5. The summed E-state index contributed by atoms with van der Waals surface area (Å²) in [4.78, 5) is 0. The molecule has 0 heterocycles. The van der Waals surface area contributed by atoms with Crippen molar-refractivity contribution in [2.24, 2.45) is 11.8 Å². The molecule has 0 saturated heterocycles. The molecule has 0 nitrogen and oxygen atoms in total. The first-order valence-corrected chi connectivity index (χ1v) is 10.9. The Hall–Kier alpha value is -2.03. The van der Waals surface area contributed by atoms with Crippen molar-refractivity contribution >= 4 is 16.6 Å². The van der Waals surface area contributed by atoms with Gasteiger partial charge in [0.2, 0.25) is 0 Å². The van der Waals surface area contributed by atoms with Crippen molar-refractivity contribution in [3.63, 3.8) is 0 Å². The Morgan fingerprint density at radius 2 is 1.83 bits per heavy atom. The van der Waals surface area contributed by atoms with E-state index in [9.17, 15) is 13.2 Å². The van der Waals surface area contributed by atoms with Crippen molar-refractivity contribution < 1.29 is 13.2 Å². The van der Waals surface area contributed by atoms with Crippen molar-refractivity contribution in [3.8, 4) is 0 Å². The smallest absolute Gasteiger partial charge is 0.162 e. The van der Waals surface area contributed by atoms with E-state index >= 15 is 0 Å². The van der Waals surface area contributed by atoms with E-state index in [0.717, 1.165) is 32.1 Å². The number of hydrogen-bond acceptors (Lipinski definition) is 0. The largest absolute Gasteiger partial charge is 0.208 e. The van der Waals surface area contributed by atoms with Crippen LogP contribution in [0, 0.1) is 17.7 Å². The molecule has 2 aromatic carbocycles. The number of fused-ring (bicyclic) bond motifs is 1. The molecule has 0 amide bonds. The van der Waals surface area contributed by atoms with Gasteiger partial charge in [0.25, 0.3) is 0 Å². The van der Waals surface area contributed by atoms with Gasteiger partial charge in [-0.05, 0) is 74.8 Å². The molecule has 0 unspecified atom stereocenters. The van der Waals surface area contributed by atoms with E-state index in [1.54, 1.807) is 24.3 Å². The van der Waals surface area contributed by atoms with Gasteiger partial charge >= 0.3 is 0 Å². The third-order valence-electron chi connectivity index (χ3n) is 6.20. The van der Waals surface area contributed by atoms with Crippen LogP contribution in [0.1, 0.15) is 69.9 Å². The molecular weight excluding hydrogens is 369 g/mol. The molecule has 3 heteroatoms. The maximum Gasteiger partial charge on any atom is 0.162 e. The van der Waals surface area contributed by atoms with E-state index in [2.05, 4.69) is 12.2 Å². The van der Waals surface area contributed by atoms with Crippen molar-refractivity contribution in [3.05, 3.63) is 65.3 Å². The zero-order valence-corrected chi connectivity index (χ0v) is 17.5. The minimum absolute atomic E-state index is 0.202. The van der Waals surface area contributed by atoms with Gasteiger partial charge in [-0.15, -0.1) is 0 Å². The topological polar surface area (TPSA) is 0 Å². The van der Waals surface area contributed by atoms with E-state index in [-0.39, 0.29) is 17.3 Å². The van der Waals surface area contributed by atoms with Gasteiger partial charge in [0.05, 0.1) is 0 Å². The van der Waals surface area contributed by atoms with Gasteiger partial charge in [0, 0.05) is 16.9 Å². The van der Waals surface area contributed by atoms with Crippen LogP contribution in [-0.4, -0.2) is 0 Å². The molecule has 0 radical (unpaired) electrons. The van der Waals surface area contributed by atoms with Gasteiger partial charge in [0.15, 0.2) is 5.83 Å². The molecule has 3 rings (SSSR count). The first kappa shape index (κ1) is 21.7. The maximum absolute atomic E-state index is 14.9. The Morgan fingerprint density at radius 3 is 2.52 bits per heavy atom. The standard InChI is InChI=1S/C26H31F3/c1-3-5-6-8-18-9-11-20(12-10-18)25(28)26(29)22-15-16-23-21(17-22)14-13-19(7-4-2)24(23)27/h3,5,13-18,20H,4,6-12H2,1-2H3/b5-3+,26-25?. The Morgan fingerprint density at radius 1 is 1.07 bits per heavy atom. The summed E-state index contributed by atoms with van der Waals surface area (Å²) in [6.45, 7) is 4.02. The van der Waals surface area contributed by atoms with Crippen LogP contribution in [0.15, 0.2) is 48.3 Å². The summed E-state index contributed by atoms with van der Waals surface area (Å²) in [7, 11) is 0. The van der Waals surface area contributed by atoms with Gasteiger partial charge in [-0.3, -0.25) is 0 Å². The second-order valence-corrected chi connectivity index (χ2v) is 8.25. The van der Waals surface area contributed by atoms with E-state index < -0.39 is 11.7 Å². The minimum Gasteiger partial charge on any atom is -0.208 e. The molecular formula is C26H31F3. The van der Waals surface area contributed by atoms with Gasteiger partial charge < -0.3 is 0 Å². The fraction of sp³-hybridized carbons (Fsp3) is 0.462. The van der Waals surface area contributed by atoms with Crippen LogP contribution in [0.4, 0.5) is 13.2 Å². The van der Waals surface area contributed by atoms with Crippen molar-refractivity contribution in [2.75, 3.05) is 0 Å². The van der Waals surface area contributed by atoms with E-state index in [1.165, 1.54) is 6.07 Å². The fourth-order valence-electron chi connectivity index (χ4n) is 4.46. The number of halogens is 3. The SMILES string of the molecule is C/C=C/CCC1CCC(C(F)=C(F)c2ccc3c(F)c(CCC)ccc3c2)CC1. The van der Waals surface area contributed by atoms with Gasteiger partial charge in [-0.2, -0.15) is 0 Å². The molecule has 0 atom stereocenters. The molecule has 0 aromatic heterocycles. The Labute approximate surface area is 172 Å². The number of allylic oxidation sites excluding steroid dienone is 3. The zero-order chi connectivity index (χ0) is 20.8. The molecule has 0 bridgehead atoms. The average molecular weight is 401 g/mol. The normalized spacial score (nSPS) is 21.0. The first-order chi connectivity index (χ1) is 14.0. The molecule has 0 spiro atoms. The second kappa shape index (κ2) is 10.1. The predicted octanol–water partition coefficient (Wildman–Crippen LogP) is 8.70. The molecule has 0 aliphatic heterocycles. The average Bonchev–Trinajstić information content (AvgIpc) is 2.75. The summed E-state index contributed by atoms with van der Waals surface area (Å²) in [5.74, 6) is -1.41. The predicted molar refractivity (Wildman–Crippen MR) is 117 cm³/mol. The third-order valence-corrected chi connectivity index (χ3v) is 6.20. The van der Waals surface area contributed by atoms with E-state index in [1.807, 2.05) is 13.8 Å². The summed E-state index contributed by atoms with van der Waals surface area (Å²) >= 11 is 0. The molecule has 156 valence electrons. The van der Waals surface area contributed by atoms with Crippen LogP contribution in [0.3, 0.4) is 0 Å². The summed E-state index contributed by atoms with van der Waals surface area (Å²) in [5, 5.41) is 1.07. The molecule has 29 heavy (non-hydrogen) atoms. The molecule has 2 aromatic rings. The minimum atomic E-state index is -0.790. The summed E-state index contributed by atoms with van der Waals surface area (Å²) < 4.78 is 44.4. The monoisotopic (exact) mass is 400 g/mol. The quantitative estimate of drug-likeness (QED) is 0.408. The number of hydrogen-bond donors (Lipinski definition) is 0. The van der Waals surface area contributed by atoms with Crippen LogP contribution in [0.25, 0.3) is 16.6 Å². The van der Waals surface area contributed by atoms with Crippen LogP contribution < -0.4 is 0 Å².